The number of rotatable bonds is 2. The summed E-state index contributed by atoms with van der Waals surface area (Å²) in [7, 11) is 2.14. The molecule has 2 heteroatoms. The zero-order valence-corrected chi connectivity index (χ0v) is 12.7. The van der Waals surface area contributed by atoms with Crippen LogP contribution in [0, 0.1) is 0 Å². The average molecular weight is 286 g/mol. The minimum atomic E-state index is 0.871. The maximum atomic E-state index is 4.75. The number of benzene rings is 2. The fourth-order valence-electron chi connectivity index (χ4n) is 3.29. The van der Waals surface area contributed by atoms with Gasteiger partial charge < -0.3 is 4.57 Å². The summed E-state index contributed by atoms with van der Waals surface area (Å²) in [6, 6.07) is 19.0. The number of hydrogen-bond acceptors (Lipinski definition) is 1. The summed E-state index contributed by atoms with van der Waals surface area (Å²) in [5.74, 6) is 0. The number of aliphatic imine (C=N–C) groups is 1. The van der Waals surface area contributed by atoms with Crippen molar-refractivity contribution in [2.45, 2.75) is 6.42 Å². The first kappa shape index (κ1) is 13.1. The monoisotopic (exact) mass is 286 g/mol. The Balaban J connectivity index is 1.81. The summed E-state index contributed by atoms with van der Waals surface area (Å²) in [4.78, 5) is 4.75. The van der Waals surface area contributed by atoms with E-state index in [1.165, 1.54) is 27.7 Å². The summed E-state index contributed by atoms with van der Waals surface area (Å²) in [6.07, 6.45) is 5.32. The van der Waals surface area contributed by atoms with Crippen LogP contribution in [-0.2, 0) is 13.5 Å². The quantitative estimate of drug-likeness (QED) is 0.670. The lowest BCUT2D eigenvalue weighted by molar-refractivity contribution is 0.890. The van der Waals surface area contributed by atoms with E-state index in [1.807, 2.05) is 6.07 Å². The molecule has 0 bridgehead atoms. The summed E-state index contributed by atoms with van der Waals surface area (Å²) >= 11 is 0. The molecule has 22 heavy (non-hydrogen) atoms. The first-order valence-corrected chi connectivity index (χ1v) is 7.69. The lowest BCUT2D eigenvalue weighted by atomic mass is 10.0. The van der Waals surface area contributed by atoms with Gasteiger partial charge in [0.2, 0.25) is 0 Å². The Bertz CT molecular complexity index is 883. The predicted molar refractivity (Wildman–Crippen MR) is 93.5 cm³/mol. The van der Waals surface area contributed by atoms with Gasteiger partial charge in [0, 0.05) is 24.5 Å². The van der Waals surface area contributed by atoms with Crippen molar-refractivity contribution in [3.63, 3.8) is 0 Å². The van der Waals surface area contributed by atoms with E-state index in [-0.39, 0.29) is 0 Å². The van der Waals surface area contributed by atoms with Crippen LogP contribution in [0.2, 0.25) is 0 Å². The number of para-hydroxylation sites is 1. The molecule has 3 aromatic rings. The van der Waals surface area contributed by atoms with E-state index in [9.17, 15) is 0 Å². The lowest BCUT2D eigenvalue weighted by Gasteiger charge is -2.13. The fourth-order valence-corrected chi connectivity index (χ4v) is 3.29. The molecule has 0 amide bonds. The number of allylic oxidation sites excluding steroid dienone is 1. The van der Waals surface area contributed by atoms with Gasteiger partial charge in [-0.25, -0.2) is 0 Å². The van der Waals surface area contributed by atoms with Crippen LogP contribution in [0.15, 0.2) is 65.7 Å². The molecular formula is C20H18N2. The molecule has 2 aromatic carbocycles. The second kappa shape index (κ2) is 5.30. The third-order valence-electron chi connectivity index (χ3n) is 4.33. The predicted octanol–water partition coefficient (Wildman–Crippen LogP) is 4.24. The molecule has 2 nitrogen and oxygen atoms in total. The molecule has 0 fully saturated rings. The van der Waals surface area contributed by atoms with Crippen LogP contribution in [0.5, 0.6) is 0 Å². The number of fused-ring (bicyclic) bond motifs is 3. The average Bonchev–Trinajstić information content (AvgIpc) is 2.88. The van der Waals surface area contributed by atoms with Crippen molar-refractivity contribution >= 4 is 22.7 Å². The van der Waals surface area contributed by atoms with Gasteiger partial charge in [-0.15, -0.1) is 0 Å². The van der Waals surface area contributed by atoms with Crippen molar-refractivity contribution in [3.8, 4) is 0 Å². The zero-order valence-electron chi connectivity index (χ0n) is 12.7. The molecule has 1 aliphatic heterocycles. The van der Waals surface area contributed by atoms with E-state index >= 15 is 0 Å². The van der Waals surface area contributed by atoms with Gasteiger partial charge in [0.05, 0.1) is 11.4 Å². The number of aryl methyl sites for hydroxylation is 1. The van der Waals surface area contributed by atoms with E-state index in [1.54, 1.807) is 0 Å². The molecule has 0 unspecified atom stereocenters. The van der Waals surface area contributed by atoms with Gasteiger partial charge >= 0.3 is 0 Å². The van der Waals surface area contributed by atoms with Crippen molar-refractivity contribution < 1.29 is 0 Å². The van der Waals surface area contributed by atoms with Crippen LogP contribution in [0.4, 0.5) is 0 Å². The van der Waals surface area contributed by atoms with E-state index in [4.69, 9.17) is 4.99 Å². The third-order valence-corrected chi connectivity index (χ3v) is 4.33. The van der Waals surface area contributed by atoms with Crippen LogP contribution >= 0.6 is 0 Å². The molecule has 2 heterocycles. The molecule has 1 aromatic heterocycles. The number of hydrogen-bond donors (Lipinski definition) is 0. The highest BCUT2D eigenvalue weighted by atomic mass is 15.0. The van der Waals surface area contributed by atoms with Crippen LogP contribution < -0.4 is 0 Å². The number of nitrogens with zero attached hydrogens (tertiary/aromatic N) is 2. The maximum absolute atomic E-state index is 4.75. The summed E-state index contributed by atoms with van der Waals surface area (Å²) in [5, 5.41) is 1.36. The second-order valence-corrected chi connectivity index (χ2v) is 5.66. The van der Waals surface area contributed by atoms with Gasteiger partial charge in [0.15, 0.2) is 0 Å². The Morgan fingerprint density at radius 2 is 1.73 bits per heavy atom. The molecule has 0 radical (unpaired) electrons. The Morgan fingerprint density at radius 3 is 2.59 bits per heavy atom. The maximum Gasteiger partial charge on any atom is 0.0814 e. The Labute approximate surface area is 130 Å². The first-order valence-electron chi connectivity index (χ1n) is 7.69. The highest BCUT2D eigenvalue weighted by Gasteiger charge is 2.20. The van der Waals surface area contributed by atoms with E-state index in [0.29, 0.717) is 0 Å². The van der Waals surface area contributed by atoms with Crippen LogP contribution in [0.3, 0.4) is 0 Å². The van der Waals surface area contributed by atoms with Crippen molar-refractivity contribution in [2.24, 2.45) is 12.0 Å². The van der Waals surface area contributed by atoms with Crippen molar-refractivity contribution in [1.82, 2.24) is 4.57 Å². The van der Waals surface area contributed by atoms with Crippen LogP contribution in [0.1, 0.15) is 16.8 Å². The molecule has 0 atom stereocenters. The SMILES string of the molecule is Cn1c2c(c3ccccc31)CCN=C2C=Cc1ccccc1. The Morgan fingerprint density at radius 1 is 0.955 bits per heavy atom. The minimum absolute atomic E-state index is 0.871. The largest absolute Gasteiger partial charge is 0.342 e. The second-order valence-electron chi connectivity index (χ2n) is 5.66. The minimum Gasteiger partial charge on any atom is -0.342 e. The topological polar surface area (TPSA) is 17.3 Å². The van der Waals surface area contributed by atoms with Crippen LogP contribution in [0.25, 0.3) is 17.0 Å². The molecule has 4 rings (SSSR count). The van der Waals surface area contributed by atoms with Crippen molar-refractivity contribution in [2.75, 3.05) is 6.54 Å². The molecule has 0 N–H and O–H groups in total. The standard InChI is InChI=1S/C20H18N2/c1-22-19-10-6-5-9-16(19)17-13-14-21-18(20(17)22)12-11-15-7-3-2-4-8-15/h2-12H,13-14H2,1H3. The van der Waals surface area contributed by atoms with E-state index in [2.05, 4.69) is 72.3 Å². The molecule has 0 saturated carbocycles. The smallest absolute Gasteiger partial charge is 0.0814 e. The highest BCUT2D eigenvalue weighted by Crippen LogP contribution is 2.29. The van der Waals surface area contributed by atoms with E-state index < -0.39 is 0 Å². The lowest BCUT2D eigenvalue weighted by Crippen LogP contribution is -2.13. The van der Waals surface area contributed by atoms with Crippen molar-refractivity contribution in [1.29, 1.82) is 0 Å². The number of aromatic nitrogens is 1. The van der Waals surface area contributed by atoms with Gasteiger partial charge in [0.1, 0.15) is 0 Å². The highest BCUT2D eigenvalue weighted by molar-refractivity contribution is 6.14. The van der Waals surface area contributed by atoms with Gasteiger partial charge in [-0.2, -0.15) is 0 Å². The summed E-state index contributed by atoms with van der Waals surface area (Å²) in [6.45, 7) is 0.871. The van der Waals surface area contributed by atoms with Crippen molar-refractivity contribution in [3.05, 3.63) is 77.5 Å². The summed E-state index contributed by atoms with van der Waals surface area (Å²) < 4.78 is 2.28. The van der Waals surface area contributed by atoms with Gasteiger partial charge in [0.25, 0.3) is 0 Å². The molecule has 0 spiro atoms. The van der Waals surface area contributed by atoms with Crippen LogP contribution in [-0.4, -0.2) is 16.8 Å². The van der Waals surface area contributed by atoms with E-state index in [0.717, 1.165) is 18.7 Å². The molecule has 0 aliphatic carbocycles. The van der Waals surface area contributed by atoms with Gasteiger partial charge in [-0.1, -0.05) is 54.6 Å². The third kappa shape index (κ3) is 2.08. The zero-order chi connectivity index (χ0) is 14.9. The Hall–Kier alpha value is -2.61. The van der Waals surface area contributed by atoms with Gasteiger partial charge in [-0.05, 0) is 29.7 Å². The molecule has 108 valence electrons. The molecule has 1 aliphatic rings. The Kier molecular flexibility index (Phi) is 3.15. The first-order chi connectivity index (χ1) is 10.8. The van der Waals surface area contributed by atoms with Gasteiger partial charge in [-0.3, -0.25) is 4.99 Å². The summed E-state index contributed by atoms with van der Waals surface area (Å²) in [5.41, 5.74) is 6.27. The fraction of sp³-hybridized carbons (Fsp3) is 0.150. The molecular weight excluding hydrogens is 268 g/mol. The molecule has 0 saturated heterocycles. The normalized spacial score (nSPS) is 14.3.